The van der Waals surface area contributed by atoms with Crippen LogP contribution < -0.4 is 10.2 Å². The van der Waals surface area contributed by atoms with Crippen molar-refractivity contribution in [2.75, 3.05) is 76.2 Å². The summed E-state index contributed by atoms with van der Waals surface area (Å²) in [5.74, 6) is 0.303. The van der Waals surface area contributed by atoms with E-state index < -0.39 is 5.97 Å². The second-order valence-electron chi connectivity index (χ2n) is 12.1. The maximum atomic E-state index is 13.1. The summed E-state index contributed by atoms with van der Waals surface area (Å²) in [4.78, 5) is 33.0. The molecule has 3 heterocycles. The second kappa shape index (κ2) is 10.9. The Balaban J connectivity index is 0.960. The van der Waals surface area contributed by atoms with Gasteiger partial charge < -0.3 is 25.3 Å². The molecule has 1 saturated heterocycles. The number of aliphatic carboxylic acids is 1. The Morgan fingerprint density at radius 2 is 1.82 bits per heavy atom. The molecular formula is C29H39N7O4. The molecule has 11 nitrogen and oxygen atoms in total. The SMILES string of the molecule is CN(CCN1CCNc2nnc(-c3ccccc3O)cc21)CC(=O)N1CCN(C2CC3(CC(C(=O)O)C3)C2)CC1. The van der Waals surface area contributed by atoms with Gasteiger partial charge in [0.05, 0.1) is 23.8 Å². The van der Waals surface area contributed by atoms with Gasteiger partial charge in [-0.25, -0.2) is 0 Å². The Morgan fingerprint density at radius 1 is 1.07 bits per heavy atom. The number of nitrogens with one attached hydrogen (secondary N) is 1. The van der Waals surface area contributed by atoms with Crippen molar-refractivity contribution in [3.05, 3.63) is 30.3 Å². The first-order chi connectivity index (χ1) is 19.3. The number of aromatic hydroxyl groups is 1. The number of phenols is 1. The predicted octanol–water partition coefficient (Wildman–Crippen LogP) is 1.80. The largest absolute Gasteiger partial charge is 0.507 e. The number of nitrogens with zero attached hydrogens (tertiary/aromatic N) is 6. The maximum absolute atomic E-state index is 13.1. The molecule has 1 spiro atoms. The standard InChI is InChI=1S/C29H39N7O4/c1-33(8-9-35-7-6-30-27-24(35)14-23(31-32-27)22-4-2-3-5-25(22)37)19-26(38)36-12-10-34(11-13-36)21-17-29(18-21)15-20(16-29)28(39)40/h2-5,14,20-21,37H,6-13,15-19H2,1H3,(H,30,32)(H,39,40). The highest BCUT2D eigenvalue weighted by Crippen LogP contribution is 2.59. The number of hydrogen-bond acceptors (Lipinski definition) is 9. The Labute approximate surface area is 234 Å². The van der Waals surface area contributed by atoms with Crippen molar-refractivity contribution >= 4 is 23.4 Å². The number of aromatic nitrogens is 2. The molecule has 1 aromatic heterocycles. The molecule has 1 amide bonds. The number of carbonyl (C=O) groups is 2. The molecule has 214 valence electrons. The fourth-order valence-corrected chi connectivity index (χ4v) is 6.96. The van der Waals surface area contributed by atoms with Crippen LogP contribution in [0.15, 0.2) is 30.3 Å². The molecule has 2 aromatic rings. The number of carbonyl (C=O) groups excluding carboxylic acids is 1. The van der Waals surface area contributed by atoms with Gasteiger partial charge in [-0.05, 0) is 56.3 Å². The fourth-order valence-electron chi connectivity index (χ4n) is 6.96. The minimum atomic E-state index is -0.642. The summed E-state index contributed by atoms with van der Waals surface area (Å²) >= 11 is 0. The van der Waals surface area contributed by atoms with E-state index in [9.17, 15) is 19.8 Å². The molecule has 0 radical (unpaired) electrons. The van der Waals surface area contributed by atoms with Crippen molar-refractivity contribution in [3.8, 4) is 17.0 Å². The number of anilines is 2. The number of hydrogen-bond donors (Lipinski definition) is 3. The van der Waals surface area contributed by atoms with E-state index in [2.05, 4.69) is 30.2 Å². The molecule has 0 bridgehead atoms. The van der Waals surface area contributed by atoms with Crippen molar-refractivity contribution in [2.45, 2.75) is 31.7 Å². The van der Waals surface area contributed by atoms with E-state index in [4.69, 9.17) is 0 Å². The van der Waals surface area contributed by atoms with Crippen LogP contribution in [-0.4, -0.2) is 119 Å². The lowest BCUT2D eigenvalue weighted by molar-refractivity contribution is -0.160. The number of fused-ring (bicyclic) bond motifs is 1. The van der Waals surface area contributed by atoms with Crippen LogP contribution in [0.5, 0.6) is 5.75 Å². The number of carboxylic acids is 1. The van der Waals surface area contributed by atoms with Gasteiger partial charge in [0.25, 0.3) is 0 Å². The predicted molar refractivity (Wildman–Crippen MR) is 151 cm³/mol. The number of amides is 1. The lowest BCUT2D eigenvalue weighted by Gasteiger charge is -2.59. The molecule has 4 aliphatic rings. The van der Waals surface area contributed by atoms with Crippen LogP contribution in [0.2, 0.25) is 0 Å². The Morgan fingerprint density at radius 3 is 2.55 bits per heavy atom. The normalized spacial score (nSPS) is 26.1. The van der Waals surface area contributed by atoms with Crippen LogP contribution in [-0.2, 0) is 9.59 Å². The van der Waals surface area contributed by atoms with Gasteiger partial charge in [0, 0.05) is 64.0 Å². The number of piperazine rings is 1. The summed E-state index contributed by atoms with van der Waals surface area (Å²) < 4.78 is 0. The molecule has 2 aliphatic heterocycles. The Bertz CT molecular complexity index is 1250. The zero-order valence-corrected chi connectivity index (χ0v) is 23.1. The van der Waals surface area contributed by atoms with E-state index in [1.807, 2.05) is 30.1 Å². The Kier molecular flexibility index (Phi) is 7.26. The van der Waals surface area contributed by atoms with Gasteiger partial charge >= 0.3 is 5.97 Å². The first-order valence-corrected chi connectivity index (χ1v) is 14.4. The van der Waals surface area contributed by atoms with Gasteiger partial charge in [-0.3, -0.25) is 19.4 Å². The van der Waals surface area contributed by atoms with Crippen LogP contribution in [0.3, 0.4) is 0 Å². The van der Waals surface area contributed by atoms with Gasteiger partial charge in [0.15, 0.2) is 5.82 Å². The van der Waals surface area contributed by atoms with Gasteiger partial charge in [-0.15, -0.1) is 10.2 Å². The number of phenolic OH excluding ortho intramolecular Hbond substituents is 1. The molecule has 1 aromatic carbocycles. The third-order valence-corrected chi connectivity index (χ3v) is 9.35. The van der Waals surface area contributed by atoms with Crippen molar-refractivity contribution < 1.29 is 19.8 Å². The number of likely N-dealkylation sites (N-methyl/N-ethyl adjacent to an activating group) is 1. The molecule has 3 fully saturated rings. The quantitative estimate of drug-likeness (QED) is 0.449. The third-order valence-electron chi connectivity index (χ3n) is 9.35. The van der Waals surface area contributed by atoms with Crippen LogP contribution in [0.4, 0.5) is 11.5 Å². The smallest absolute Gasteiger partial charge is 0.306 e. The lowest BCUT2D eigenvalue weighted by Crippen LogP contribution is -2.61. The maximum Gasteiger partial charge on any atom is 0.306 e. The molecular weight excluding hydrogens is 510 g/mol. The average molecular weight is 550 g/mol. The summed E-state index contributed by atoms with van der Waals surface area (Å²) in [6, 6.07) is 9.65. The summed E-state index contributed by atoms with van der Waals surface area (Å²) in [6.07, 6.45) is 3.91. The fraction of sp³-hybridized carbons (Fsp3) is 0.586. The molecule has 40 heavy (non-hydrogen) atoms. The topological polar surface area (TPSA) is 125 Å². The van der Waals surface area contributed by atoms with Crippen molar-refractivity contribution in [1.29, 1.82) is 0 Å². The van der Waals surface area contributed by atoms with Crippen LogP contribution >= 0.6 is 0 Å². The molecule has 6 rings (SSSR count). The van der Waals surface area contributed by atoms with E-state index in [1.54, 1.807) is 12.1 Å². The second-order valence-corrected chi connectivity index (χ2v) is 12.1. The van der Waals surface area contributed by atoms with E-state index >= 15 is 0 Å². The lowest BCUT2D eigenvalue weighted by atomic mass is 9.49. The van der Waals surface area contributed by atoms with Gasteiger partial charge in [-0.2, -0.15) is 0 Å². The Hall–Kier alpha value is -3.44. The van der Waals surface area contributed by atoms with Crippen LogP contribution in [0.1, 0.15) is 25.7 Å². The van der Waals surface area contributed by atoms with E-state index in [0.717, 1.165) is 89.5 Å². The molecule has 0 unspecified atom stereocenters. The number of para-hydroxylation sites is 1. The molecule has 2 saturated carbocycles. The first-order valence-electron chi connectivity index (χ1n) is 14.4. The zero-order valence-electron chi connectivity index (χ0n) is 23.1. The number of benzene rings is 1. The highest BCUT2D eigenvalue weighted by Gasteiger charge is 2.56. The monoisotopic (exact) mass is 549 g/mol. The molecule has 0 atom stereocenters. The molecule has 2 aliphatic carbocycles. The van der Waals surface area contributed by atoms with E-state index in [0.29, 0.717) is 23.8 Å². The minimum Gasteiger partial charge on any atom is -0.507 e. The van der Waals surface area contributed by atoms with Crippen LogP contribution in [0.25, 0.3) is 11.3 Å². The van der Waals surface area contributed by atoms with Crippen molar-refractivity contribution in [2.24, 2.45) is 11.3 Å². The highest BCUT2D eigenvalue weighted by molar-refractivity contribution is 5.78. The average Bonchev–Trinajstić information content (AvgIpc) is 2.90. The van der Waals surface area contributed by atoms with E-state index in [-0.39, 0.29) is 23.0 Å². The highest BCUT2D eigenvalue weighted by atomic mass is 16.4. The minimum absolute atomic E-state index is 0.136. The van der Waals surface area contributed by atoms with Crippen molar-refractivity contribution in [3.63, 3.8) is 0 Å². The summed E-state index contributed by atoms with van der Waals surface area (Å²) in [6.45, 7) is 6.78. The summed E-state index contributed by atoms with van der Waals surface area (Å²) in [5.41, 5.74) is 2.51. The van der Waals surface area contributed by atoms with Crippen LogP contribution in [0, 0.1) is 11.3 Å². The van der Waals surface area contributed by atoms with Gasteiger partial charge in [0.2, 0.25) is 5.91 Å². The first kappa shape index (κ1) is 26.8. The number of rotatable bonds is 8. The summed E-state index contributed by atoms with van der Waals surface area (Å²) in [5, 5.41) is 31.4. The summed E-state index contributed by atoms with van der Waals surface area (Å²) in [7, 11) is 1.99. The van der Waals surface area contributed by atoms with E-state index in [1.165, 1.54) is 0 Å². The zero-order chi connectivity index (χ0) is 27.9. The number of carboxylic acid groups (broad SMARTS) is 1. The van der Waals surface area contributed by atoms with Gasteiger partial charge in [0.1, 0.15) is 5.75 Å². The van der Waals surface area contributed by atoms with Crippen molar-refractivity contribution in [1.82, 2.24) is 24.9 Å². The van der Waals surface area contributed by atoms with Gasteiger partial charge in [-0.1, -0.05) is 12.1 Å². The molecule has 11 heteroatoms. The third kappa shape index (κ3) is 5.32. The molecule has 3 N–H and O–H groups in total.